The van der Waals surface area contributed by atoms with Crippen molar-refractivity contribution in [1.82, 2.24) is 10.2 Å². The average Bonchev–Trinajstić information content (AvgIpc) is 3.12. The van der Waals surface area contributed by atoms with Crippen molar-refractivity contribution >= 4 is 22.9 Å². The highest BCUT2D eigenvalue weighted by Crippen LogP contribution is 2.29. The largest absolute Gasteiger partial charge is 0.493 e. The van der Waals surface area contributed by atoms with Crippen molar-refractivity contribution in [3.63, 3.8) is 0 Å². The highest BCUT2D eigenvalue weighted by molar-refractivity contribution is 7.14. The maximum absolute atomic E-state index is 12.3. The molecule has 1 amide bonds. The molecule has 0 saturated carbocycles. The van der Waals surface area contributed by atoms with Crippen molar-refractivity contribution in [3.8, 4) is 11.5 Å². The van der Waals surface area contributed by atoms with Crippen LogP contribution in [0.4, 0.5) is 5.69 Å². The predicted octanol–water partition coefficient (Wildman–Crippen LogP) is 3.62. The fourth-order valence-electron chi connectivity index (χ4n) is 2.80. The molecule has 2 aromatic rings. The number of amides is 1. The van der Waals surface area contributed by atoms with Gasteiger partial charge in [-0.05, 0) is 37.7 Å². The van der Waals surface area contributed by atoms with Gasteiger partial charge in [0, 0.05) is 19.2 Å². The number of rotatable bonds is 11. The lowest BCUT2D eigenvalue weighted by Gasteiger charge is -2.19. The number of nitrogens with zero attached hydrogens (tertiary/aromatic N) is 2. The van der Waals surface area contributed by atoms with Gasteiger partial charge in [0.2, 0.25) is 0 Å². The summed E-state index contributed by atoms with van der Waals surface area (Å²) in [6, 6.07) is 6.80. The van der Waals surface area contributed by atoms with E-state index in [1.807, 2.05) is 18.2 Å². The first-order valence-electron chi connectivity index (χ1n) is 9.44. The van der Waals surface area contributed by atoms with Gasteiger partial charge in [-0.15, -0.1) is 11.3 Å². The van der Waals surface area contributed by atoms with Crippen LogP contribution >= 0.6 is 11.3 Å². The molecule has 1 aromatic carbocycles. The van der Waals surface area contributed by atoms with Crippen molar-refractivity contribution in [1.29, 1.82) is 0 Å². The Labute approximate surface area is 174 Å². The standard InChI is InChI=1S/C20H27N3O5S/c1-5-22(6-2)9-10-28-17-8-7-15(11-18(17)27-4)13-21-20(24)19-12-16(23(25)26)14(3)29-19/h7-8,11-12H,5-6,9-10,13H2,1-4H3,(H,21,24). The summed E-state index contributed by atoms with van der Waals surface area (Å²) >= 11 is 1.11. The lowest BCUT2D eigenvalue weighted by molar-refractivity contribution is -0.385. The molecule has 1 heterocycles. The third kappa shape index (κ3) is 6.16. The number of ether oxygens (including phenoxy) is 2. The molecule has 1 N–H and O–H groups in total. The molecule has 158 valence electrons. The second-order valence-corrected chi connectivity index (χ2v) is 7.61. The Bertz CT molecular complexity index is 849. The number of nitrogens with one attached hydrogen (secondary N) is 1. The third-order valence-electron chi connectivity index (χ3n) is 4.55. The fraction of sp³-hybridized carbons (Fsp3) is 0.450. The highest BCUT2D eigenvalue weighted by Gasteiger charge is 2.19. The molecule has 0 bridgehead atoms. The predicted molar refractivity (Wildman–Crippen MR) is 113 cm³/mol. The number of likely N-dealkylation sites (N-methyl/N-ethyl adjacent to an activating group) is 1. The van der Waals surface area contributed by atoms with E-state index in [1.54, 1.807) is 14.0 Å². The first-order chi connectivity index (χ1) is 13.9. The van der Waals surface area contributed by atoms with Gasteiger partial charge in [-0.2, -0.15) is 0 Å². The van der Waals surface area contributed by atoms with E-state index < -0.39 is 4.92 Å². The molecule has 0 aliphatic rings. The van der Waals surface area contributed by atoms with E-state index in [1.165, 1.54) is 6.07 Å². The molecule has 0 fully saturated rings. The minimum Gasteiger partial charge on any atom is -0.493 e. The van der Waals surface area contributed by atoms with Crippen molar-refractivity contribution in [2.45, 2.75) is 27.3 Å². The lowest BCUT2D eigenvalue weighted by atomic mass is 10.2. The average molecular weight is 422 g/mol. The number of aryl methyl sites for hydroxylation is 1. The zero-order valence-electron chi connectivity index (χ0n) is 17.2. The molecule has 1 aromatic heterocycles. The van der Waals surface area contributed by atoms with E-state index in [-0.39, 0.29) is 18.1 Å². The number of hydrogen-bond acceptors (Lipinski definition) is 7. The first-order valence-corrected chi connectivity index (χ1v) is 10.3. The molecule has 9 heteroatoms. The Morgan fingerprint density at radius 1 is 1.24 bits per heavy atom. The number of carbonyl (C=O) groups is 1. The first kappa shape index (κ1) is 22.6. The summed E-state index contributed by atoms with van der Waals surface area (Å²) in [7, 11) is 1.57. The van der Waals surface area contributed by atoms with Gasteiger partial charge in [0.05, 0.1) is 21.8 Å². The van der Waals surface area contributed by atoms with Gasteiger partial charge in [-0.25, -0.2) is 0 Å². The van der Waals surface area contributed by atoms with Gasteiger partial charge >= 0.3 is 0 Å². The van der Waals surface area contributed by atoms with Crippen LogP contribution in [0.15, 0.2) is 24.3 Å². The zero-order chi connectivity index (χ0) is 21.4. The molecule has 0 radical (unpaired) electrons. The van der Waals surface area contributed by atoms with Gasteiger partial charge in [0.1, 0.15) is 6.61 Å². The summed E-state index contributed by atoms with van der Waals surface area (Å²) in [4.78, 5) is 25.9. The molecule has 0 unspecified atom stereocenters. The van der Waals surface area contributed by atoms with E-state index in [0.717, 1.165) is 36.5 Å². The topological polar surface area (TPSA) is 93.9 Å². The van der Waals surface area contributed by atoms with Gasteiger partial charge in [-0.1, -0.05) is 19.9 Å². The van der Waals surface area contributed by atoms with E-state index in [2.05, 4.69) is 24.1 Å². The molecular weight excluding hydrogens is 394 g/mol. The maximum Gasteiger partial charge on any atom is 0.283 e. The van der Waals surface area contributed by atoms with E-state index in [0.29, 0.717) is 27.9 Å². The van der Waals surface area contributed by atoms with E-state index >= 15 is 0 Å². The second-order valence-electron chi connectivity index (χ2n) is 6.35. The summed E-state index contributed by atoms with van der Waals surface area (Å²) in [5.74, 6) is 0.905. The number of nitro groups is 1. The molecule has 29 heavy (non-hydrogen) atoms. The van der Waals surface area contributed by atoms with Crippen LogP contribution in [0.3, 0.4) is 0 Å². The van der Waals surface area contributed by atoms with Crippen molar-refractivity contribution < 1.29 is 19.2 Å². The molecule has 0 atom stereocenters. The molecular formula is C20H27N3O5S. The number of thiophene rings is 1. The lowest BCUT2D eigenvalue weighted by Crippen LogP contribution is -2.28. The molecule has 0 aliphatic carbocycles. The van der Waals surface area contributed by atoms with Crippen molar-refractivity contribution in [3.05, 3.63) is 49.7 Å². The monoisotopic (exact) mass is 421 g/mol. The Morgan fingerprint density at radius 2 is 1.97 bits per heavy atom. The third-order valence-corrected chi connectivity index (χ3v) is 5.59. The number of methoxy groups -OCH3 is 1. The molecule has 8 nitrogen and oxygen atoms in total. The van der Waals surface area contributed by atoms with E-state index in [4.69, 9.17) is 9.47 Å². The minimum absolute atomic E-state index is 0.0342. The van der Waals surface area contributed by atoms with Crippen LogP contribution in [0.1, 0.15) is 34.0 Å². The fourth-order valence-corrected chi connectivity index (χ4v) is 3.70. The van der Waals surface area contributed by atoms with Crippen LogP contribution in [0.2, 0.25) is 0 Å². The summed E-state index contributed by atoms with van der Waals surface area (Å²) in [6.07, 6.45) is 0. The van der Waals surface area contributed by atoms with E-state index in [9.17, 15) is 14.9 Å². The van der Waals surface area contributed by atoms with Gasteiger partial charge < -0.3 is 19.7 Å². The maximum atomic E-state index is 12.3. The smallest absolute Gasteiger partial charge is 0.283 e. The number of carbonyl (C=O) groups excluding carboxylic acids is 1. The minimum atomic E-state index is -0.480. The van der Waals surface area contributed by atoms with Crippen LogP contribution in [-0.4, -0.2) is 49.1 Å². The Morgan fingerprint density at radius 3 is 2.55 bits per heavy atom. The zero-order valence-corrected chi connectivity index (χ0v) is 18.0. The van der Waals surface area contributed by atoms with Crippen LogP contribution in [-0.2, 0) is 6.54 Å². The van der Waals surface area contributed by atoms with Gasteiger partial charge in [0.25, 0.3) is 11.6 Å². The van der Waals surface area contributed by atoms with Crippen molar-refractivity contribution in [2.75, 3.05) is 33.4 Å². The molecule has 0 spiro atoms. The van der Waals surface area contributed by atoms with Crippen LogP contribution in [0.25, 0.3) is 0 Å². The van der Waals surface area contributed by atoms with Crippen molar-refractivity contribution in [2.24, 2.45) is 0 Å². The SMILES string of the molecule is CCN(CC)CCOc1ccc(CNC(=O)c2cc([N+](=O)[O-])c(C)s2)cc1OC. The Kier molecular flexibility index (Phi) is 8.41. The Balaban J connectivity index is 1.96. The number of hydrogen-bond donors (Lipinski definition) is 1. The molecule has 2 rings (SSSR count). The summed E-state index contributed by atoms with van der Waals surface area (Å²) in [6.45, 7) is 9.48. The van der Waals surface area contributed by atoms with Crippen LogP contribution in [0.5, 0.6) is 11.5 Å². The normalized spacial score (nSPS) is 10.8. The Hall–Kier alpha value is -2.65. The van der Waals surface area contributed by atoms with Crippen LogP contribution in [0, 0.1) is 17.0 Å². The quantitative estimate of drug-likeness (QED) is 0.440. The van der Waals surface area contributed by atoms with Crippen LogP contribution < -0.4 is 14.8 Å². The van der Waals surface area contributed by atoms with Gasteiger partial charge in [0.15, 0.2) is 11.5 Å². The second kappa shape index (κ2) is 10.8. The summed E-state index contributed by atoms with van der Waals surface area (Å²) in [5.41, 5.74) is 0.808. The summed E-state index contributed by atoms with van der Waals surface area (Å²) in [5, 5.41) is 13.7. The summed E-state index contributed by atoms with van der Waals surface area (Å²) < 4.78 is 11.2. The molecule has 0 saturated heterocycles. The highest BCUT2D eigenvalue weighted by atomic mass is 32.1. The molecule has 0 aliphatic heterocycles. The number of benzene rings is 1. The van der Waals surface area contributed by atoms with Gasteiger partial charge in [-0.3, -0.25) is 14.9 Å².